The van der Waals surface area contributed by atoms with Gasteiger partial charge in [-0.05, 0) is 55.3 Å². The van der Waals surface area contributed by atoms with Gasteiger partial charge in [0.25, 0.3) is 0 Å². The van der Waals surface area contributed by atoms with Gasteiger partial charge in [-0.15, -0.1) is 0 Å². The van der Waals surface area contributed by atoms with Crippen molar-refractivity contribution in [3.05, 3.63) is 54.1 Å². The van der Waals surface area contributed by atoms with Crippen molar-refractivity contribution in [3.8, 4) is 11.3 Å². The van der Waals surface area contributed by atoms with Crippen LogP contribution in [0, 0.1) is 0 Å². The van der Waals surface area contributed by atoms with Crippen LogP contribution in [0.4, 0.5) is 5.69 Å². The summed E-state index contributed by atoms with van der Waals surface area (Å²) in [4.78, 5) is 17.7. The molecule has 0 saturated carbocycles. The number of carbonyl (C=O) groups is 1. The third-order valence-corrected chi connectivity index (χ3v) is 6.10. The van der Waals surface area contributed by atoms with Crippen LogP contribution in [0.2, 0.25) is 0 Å². The number of hydrogen-bond acceptors (Lipinski definition) is 4. The molecular formula is C24H29N5O. The number of benzene rings is 2. The second-order valence-corrected chi connectivity index (χ2v) is 8.39. The van der Waals surface area contributed by atoms with Crippen LogP contribution in [-0.4, -0.2) is 54.6 Å². The van der Waals surface area contributed by atoms with Gasteiger partial charge in [0.2, 0.25) is 5.91 Å². The molecule has 4 N–H and O–H groups in total. The van der Waals surface area contributed by atoms with Gasteiger partial charge in [-0.2, -0.15) is 0 Å². The van der Waals surface area contributed by atoms with Crippen molar-refractivity contribution in [1.82, 2.24) is 20.5 Å². The van der Waals surface area contributed by atoms with Crippen molar-refractivity contribution >= 4 is 22.5 Å². The number of nitrogens with zero attached hydrogens (tertiary/aromatic N) is 1. The Hall–Kier alpha value is -2.83. The molecule has 2 aliphatic rings. The fraction of sp³-hybridized carbons (Fsp3) is 0.375. The molecule has 2 fully saturated rings. The molecule has 6 heteroatoms. The standard InChI is InChI=1S/C24H29N5O/c30-23-16-29(11-10-26-23)15-17-12-19-14-21(18-4-2-1-3-5-18)28-24(19)22(13-17)27-20-6-8-25-9-7-20/h1-5,12-14,20,25,27-28H,6-11,15-16H2,(H,26,30). The van der Waals surface area contributed by atoms with E-state index in [4.69, 9.17) is 0 Å². The predicted octanol–water partition coefficient (Wildman–Crippen LogP) is 2.93. The highest BCUT2D eigenvalue weighted by Crippen LogP contribution is 2.31. The number of aromatic nitrogens is 1. The third-order valence-electron chi connectivity index (χ3n) is 6.10. The van der Waals surface area contributed by atoms with E-state index < -0.39 is 0 Å². The second kappa shape index (κ2) is 8.50. The largest absolute Gasteiger partial charge is 0.381 e. The van der Waals surface area contributed by atoms with E-state index in [1.165, 1.54) is 16.5 Å². The highest BCUT2D eigenvalue weighted by Gasteiger charge is 2.19. The minimum absolute atomic E-state index is 0.114. The molecule has 5 rings (SSSR count). The summed E-state index contributed by atoms with van der Waals surface area (Å²) in [5.41, 5.74) is 5.89. The van der Waals surface area contributed by atoms with E-state index in [0.717, 1.165) is 62.5 Å². The first-order valence-corrected chi connectivity index (χ1v) is 10.9. The Morgan fingerprint density at radius 2 is 1.87 bits per heavy atom. The molecule has 0 atom stereocenters. The van der Waals surface area contributed by atoms with Gasteiger partial charge in [0, 0.05) is 36.8 Å². The predicted molar refractivity (Wildman–Crippen MR) is 122 cm³/mol. The molecule has 1 amide bonds. The number of H-pyrrole nitrogens is 1. The molecule has 0 spiro atoms. The molecule has 30 heavy (non-hydrogen) atoms. The van der Waals surface area contributed by atoms with Gasteiger partial charge in [-0.25, -0.2) is 0 Å². The third kappa shape index (κ3) is 4.20. The van der Waals surface area contributed by atoms with Gasteiger partial charge in [-0.1, -0.05) is 30.3 Å². The fourth-order valence-electron chi connectivity index (χ4n) is 4.56. The maximum Gasteiger partial charge on any atom is 0.234 e. The van der Waals surface area contributed by atoms with Crippen LogP contribution in [0.1, 0.15) is 18.4 Å². The first-order chi connectivity index (χ1) is 14.7. The van der Waals surface area contributed by atoms with Crippen LogP contribution in [-0.2, 0) is 11.3 Å². The Kier molecular flexibility index (Phi) is 5.43. The van der Waals surface area contributed by atoms with Crippen molar-refractivity contribution in [3.63, 3.8) is 0 Å². The summed E-state index contributed by atoms with van der Waals surface area (Å²) in [5.74, 6) is 0.114. The topological polar surface area (TPSA) is 72.2 Å². The Balaban J connectivity index is 1.49. The lowest BCUT2D eigenvalue weighted by Crippen LogP contribution is -2.47. The number of anilines is 1. The number of amides is 1. The summed E-state index contributed by atoms with van der Waals surface area (Å²) in [6.07, 6.45) is 2.26. The van der Waals surface area contributed by atoms with Crippen molar-refractivity contribution in [2.45, 2.75) is 25.4 Å². The average Bonchev–Trinajstić information content (AvgIpc) is 3.20. The molecule has 156 valence electrons. The normalized spacial score (nSPS) is 18.5. The molecule has 0 aliphatic carbocycles. The molecule has 2 saturated heterocycles. The zero-order valence-electron chi connectivity index (χ0n) is 17.2. The van der Waals surface area contributed by atoms with E-state index in [1.54, 1.807) is 0 Å². The summed E-state index contributed by atoms with van der Waals surface area (Å²) < 4.78 is 0. The van der Waals surface area contributed by atoms with Crippen LogP contribution in [0.15, 0.2) is 48.5 Å². The van der Waals surface area contributed by atoms with E-state index in [9.17, 15) is 4.79 Å². The molecule has 0 unspecified atom stereocenters. The van der Waals surface area contributed by atoms with E-state index >= 15 is 0 Å². The van der Waals surface area contributed by atoms with Crippen molar-refractivity contribution in [1.29, 1.82) is 0 Å². The van der Waals surface area contributed by atoms with Gasteiger partial charge >= 0.3 is 0 Å². The van der Waals surface area contributed by atoms with Crippen LogP contribution >= 0.6 is 0 Å². The quantitative estimate of drug-likeness (QED) is 0.529. The summed E-state index contributed by atoms with van der Waals surface area (Å²) in [6.45, 7) is 4.99. The molecule has 2 aliphatic heterocycles. The SMILES string of the molecule is O=C1CN(Cc2cc(NC3CCNCC3)c3[nH]c(-c4ccccc4)cc3c2)CCN1. The lowest BCUT2D eigenvalue weighted by atomic mass is 10.0. The summed E-state index contributed by atoms with van der Waals surface area (Å²) >= 11 is 0. The Morgan fingerprint density at radius 3 is 2.67 bits per heavy atom. The van der Waals surface area contributed by atoms with Crippen molar-refractivity contribution in [2.75, 3.05) is 38.0 Å². The molecular weight excluding hydrogens is 374 g/mol. The molecule has 3 heterocycles. The van der Waals surface area contributed by atoms with Gasteiger partial charge in [0.1, 0.15) is 0 Å². The average molecular weight is 404 g/mol. The fourth-order valence-corrected chi connectivity index (χ4v) is 4.56. The smallest absolute Gasteiger partial charge is 0.234 e. The van der Waals surface area contributed by atoms with E-state index in [-0.39, 0.29) is 5.91 Å². The summed E-state index contributed by atoms with van der Waals surface area (Å²) in [5, 5.41) is 11.4. The lowest BCUT2D eigenvalue weighted by Gasteiger charge is -2.27. The van der Waals surface area contributed by atoms with Gasteiger partial charge in [0.05, 0.1) is 17.7 Å². The number of piperazine rings is 1. The second-order valence-electron chi connectivity index (χ2n) is 8.39. The van der Waals surface area contributed by atoms with E-state index in [2.05, 4.69) is 68.3 Å². The highest BCUT2D eigenvalue weighted by molar-refractivity contribution is 5.95. The van der Waals surface area contributed by atoms with Crippen LogP contribution in [0.25, 0.3) is 22.2 Å². The van der Waals surface area contributed by atoms with E-state index in [0.29, 0.717) is 12.6 Å². The highest BCUT2D eigenvalue weighted by atomic mass is 16.2. The number of rotatable bonds is 5. The monoisotopic (exact) mass is 403 g/mol. The van der Waals surface area contributed by atoms with Gasteiger partial charge in [0.15, 0.2) is 0 Å². The number of fused-ring (bicyclic) bond motifs is 1. The van der Waals surface area contributed by atoms with Crippen molar-refractivity contribution in [2.24, 2.45) is 0 Å². The first kappa shape index (κ1) is 19.2. The Bertz CT molecular complexity index is 1020. The minimum atomic E-state index is 0.114. The van der Waals surface area contributed by atoms with Gasteiger partial charge < -0.3 is 20.9 Å². The van der Waals surface area contributed by atoms with Crippen LogP contribution < -0.4 is 16.0 Å². The molecule has 1 aromatic heterocycles. The number of hydrogen-bond donors (Lipinski definition) is 4. The van der Waals surface area contributed by atoms with Crippen LogP contribution in [0.5, 0.6) is 0 Å². The van der Waals surface area contributed by atoms with Crippen molar-refractivity contribution < 1.29 is 4.79 Å². The summed E-state index contributed by atoms with van der Waals surface area (Å²) in [7, 11) is 0. The maximum atomic E-state index is 11.8. The van der Waals surface area contributed by atoms with Crippen LogP contribution in [0.3, 0.4) is 0 Å². The Morgan fingerprint density at radius 1 is 1.03 bits per heavy atom. The zero-order valence-corrected chi connectivity index (χ0v) is 17.2. The van der Waals surface area contributed by atoms with E-state index in [1.807, 2.05) is 6.07 Å². The minimum Gasteiger partial charge on any atom is -0.381 e. The zero-order chi connectivity index (χ0) is 20.3. The number of aromatic amines is 1. The maximum absolute atomic E-state index is 11.8. The molecule has 6 nitrogen and oxygen atoms in total. The molecule has 0 radical (unpaired) electrons. The number of carbonyl (C=O) groups excluding carboxylic acids is 1. The Labute approximate surface area is 177 Å². The summed E-state index contributed by atoms with van der Waals surface area (Å²) in [6, 6.07) is 17.7. The lowest BCUT2D eigenvalue weighted by molar-refractivity contribution is -0.124. The molecule has 3 aromatic rings. The number of nitrogens with one attached hydrogen (secondary N) is 4. The van der Waals surface area contributed by atoms with Gasteiger partial charge in [-0.3, -0.25) is 9.69 Å². The molecule has 2 aromatic carbocycles. The molecule has 0 bridgehead atoms. The first-order valence-electron chi connectivity index (χ1n) is 10.9. The number of piperidine rings is 1.